The molecular weight excluding hydrogens is 276 g/mol. The van der Waals surface area contributed by atoms with Crippen LogP contribution in [0.1, 0.15) is 45.1 Å². The Labute approximate surface area is 126 Å². The summed E-state index contributed by atoms with van der Waals surface area (Å²) in [4.78, 5) is 21.8. The SMILES string of the molecule is CCCCON(CCCC)C(=O)Cc1cccnc1Cl. The molecule has 0 fully saturated rings. The summed E-state index contributed by atoms with van der Waals surface area (Å²) in [6.07, 6.45) is 5.78. The lowest BCUT2D eigenvalue weighted by atomic mass is 10.2. The molecule has 0 unspecified atom stereocenters. The van der Waals surface area contributed by atoms with Crippen LogP contribution in [0, 0.1) is 0 Å². The minimum absolute atomic E-state index is 0.0653. The smallest absolute Gasteiger partial charge is 0.250 e. The van der Waals surface area contributed by atoms with Crippen molar-refractivity contribution < 1.29 is 9.63 Å². The number of carbonyl (C=O) groups is 1. The van der Waals surface area contributed by atoms with Crippen molar-refractivity contribution >= 4 is 17.5 Å². The van der Waals surface area contributed by atoms with Crippen LogP contribution in [-0.4, -0.2) is 29.1 Å². The van der Waals surface area contributed by atoms with Gasteiger partial charge in [-0.3, -0.25) is 9.63 Å². The summed E-state index contributed by atoms with van der Waals surface area (Å²) in [7, 11) is 0. The monoisotopic (exact) mass is 298 g/mol. The Morgan fingerprint density at radius 3 is 2.75 bits per heavy atom. The highest BCUT2D eigenvalue weighted by molar-refractivity contribution is 6.30. The van der Waals surface area contributed by atoms with Gasteiger partial charge in [0, 0.05) is 12.7 Å². The minimum Gasteiger partial charge on any atom is -0.272 e. The average molecular weight is 299 g/mol. The van der Waals surface area contributed by atoms with Crippen LogP contribution in [-0.2, 0) is 16.1 Å². The largest absolute Gasteiger partial charge is 0.272 e. The van der Waals surface area contributed by atoms with Crippen molar-refractivity contribution in [3.63, 3.8) is 0 Å². The summed E-state index contributed by atoms with van der Waals surface area (Å²) in [6, 6.07) is 3.60. The molecule has 0 spiro atoms. The van der Waals surface area contributed by atoms with Crippen LogP contribution in [0.2, 0.25) is 5.15 Å². The summed E-state index contributed by atoms with van der Waals surface area (Å²) in [5.74, 6) is -0.0653. The Balaban J connectivity index is 2.59. The molecule has 4 nitrogen and oxygen atoms in total. The molecule has 1 heterocycles. The van der Waals surface area contributed by atoms with Gasteiger partial charge in [0.15, 0.2) is 0 Å². The molecule has 112 valence electrons. The van der Waals surface area contributed by atoms with E-state index in [1.807, 2.05) is 6.07 Å². The van der Waals surface area contributed by atoms with Gasteiger partial charge in [-0.1, -0.05) is 44.4 Å². The molecule has 0 radical (unpaired) electrons. The van der Waals surface area contributed by atoms with E-state index in [-0.39, 0.29) is 12.3 Å². The molecule has 5 heteroatoms. The standard InChI is InChI=1S/C15H23ClN2O2/c1-3-5-10-18(20-11-6-4-2)14(19)12-13-8-7-9-17-15(13)16/h7-9H,3-6,10-12H2,1-2H3. The summed E-state index contributed by atoms with van der Waals surface area (Å²) >= 11 is 5.98. The molecule has 20 heavy (non-hydrogen) atoms. The van der Waals surface area contributed by atoms with Crippen LogP contribution < -0.4 is 0 Å². The number of carbonyl (C=O) groups excluding carboxylic acids is 1. The predicted molar refractivity (Wildman–Crippen MR) is 80.4 cm³/mol. The van der Waals surface area contributed by atoms with E-state index in [0.717, 1.165) is 31.2 Å². The molecule has 1 rings (SSSR count). The molecule has 0 saturated heterocycles. The highest BCUT2D eigenvalue weighted by atomic mass is 35.5. The first-order valence-corrected chi connectivity index (χ1v) is 7.59. The molecule has 0 bridgehead atoms. The van der Waals surface area contributed by atoms with Gasteiger partial charge >= 0.3 is 0 Å². The number of aromatic nitrogens is 1. The number of hydroxylamine groups is 2. The van der Waals surface area contributed by atoms with Gasteiger partial charge in [-0.25, -0.2) is 10.0 Å². The van der Waals surface area contributed by atoms with Crippen molar-refractivity contribution in [2.75, 3.05) is 13.2 Å². The summed E-state index contributed by atoms with van der Waals surface area (Å²) < 4.78 is 0. The second kappa shape index (κ2) is 9.72. The number of unbranched alkanes of at least 4 members (excludes halogenated alkanes) is 2. The zero-order valence-corrected chi connectivity index (χ0v) is 13.0. The zero-order chi connectivity index (χ0) is 14.8. The van der Waals surface area contributed by atoms with Crippen molar-refractivity contribution in [1.29, 1.82) is 0 Å². The first-order chi connectivity index (χ1) is 9.69. The number of hydrogen-bond donors (Lipinski definition) is 0. The van der Waals surface area contributed by atoms with Gasteiger partial charge in [0.05, 0.1) is 13.0 Å². The lowest BCUT2D eigenvalue weighted by Crippen LogP contribution is -2.33. The lowest BCUT2D eigenvalue weighted by Gasteiger charge is -2.22. The van der Waals surface area contributed by atoms with Crippen LogP contribution in [0.15, 0.2) is 18.3 Å². The average Bonchev–Trinajstić information content (AvgIpc) is 2.45. The normalized spacial score (nSPS) is 10.6. The van der Waals surface area contributed by atoms with E-state index in [1.165, 1.54) is 5.06 Å². The molecule has 0 aliphatic carbocycles. The predicted octanol–water partition coefficient (Wildman–Crippen LogP) is 3.64. The number of halogens is 1. The summed E-state index contributed by atoms with van der Waals surface area (Å²) in [6.45, 7) is 5.38. The number of hydrogen-bond acceptors (Lipinski definition) is 3. The minimum atomic E-state index is -0.0653. The maximum Gasteiger partial charge on any atom is 0.250 e. The molecule has 0 atom stereocenters. The van der Waals surface area contributed by atoms with Gasteiger partial charge in [0.1, 0.15) is 5.15 Å². The quantitative estimate of drug-likeness (QED) is 0.397. The maximum absolute atomic E-state index is 12.3. The third-order valence-electron chi connectivity index (χ3n) is 2.92. The first kappa shape index (κ1) is 16.9. The van der Waals surface area contributed by atoms with Gasteiger partial charge in [-0.05, 0) is 24.5 Å². The third-order valence-corrected chi connectivity index (χ3v) is 3.26. The van der Waals surface area contributed by atoms with Crippen LogP contribution in [0.5, 0.6) is 0 Å². The highest BCUT2D eigenvalue weighted by Crippen LogP contribution is 2.14. The Hall–Kier alpha value is -1.13. The Kier molecular flexibility index (Phi) is 8.23. The van der Waals surface area contributed by atoms with Crippen molar-refractivity contribution in [2.24, 2.45) is 0 Å². The fourth-order valence-electron chi connectivity index (χ4n) is 1.68. The second-order valence-electron chi connectivity index (χ2n) is 4.67. The fourth-order valence-corrected chi connectivity index (χ4v) is 1.87. The van der Waals surface area contributed by atoms with Crippen molar-refractivity contribution in [3.05, 3.63) is 29.0 Å². The molecular formula is C15H23ClN2O2. The van der Waals surface area contributed by atoms with Crippen LogP contribution in [0.3, 0.4) is 0 Å². The molecule has 0 aliphatic heterocycles. The Morgan fingerprint density at radius 1 is 1.35 bits per heavy atom. The molecule has 0 saturated carbocycles. The Bertz CT molecular complexity index is 413. The topological polar surface area (TPSA) is 42.4 Å². The van der Waals surface area contributed by atoms with Gasteiger partial charge in [-0.15, -0.1) is 0 Å². The van der Waals surface area contributed by atoms with E-state index in [0.29, 0.717) is 18.3 Å². The number of amides is 1. The second-order valence-corrected chi connectivity index (χ2v) is 5.02. The maximum atomic E-state index is 12.3. The molecule has 1 amide bonds. The van der Waals surface area contributed by atoms with Crippen LogP contribution in [0.4, 0.5) is 0 Å². The number of nitrogens with zero attached hydrogens (tertiary/aromatic N) is 2. The number of pyridine rings is 1. The molecule has 1 aromatic heterocycles. The van der Waals surface area contributed by atoms with Crippen molar-refractivity contribution in [1.82, 2.24) is 10.0 Å². The summed E-state index contributed by atoms with van der Waals surface area (Å²) in [5, 5.41) is 1.85. The van der Waals surface area contributed by atoms with E-state index >= 15 is 0 Å². The van der Waals surface area contributed by atoms with Crippen LogP contribution >= 0.6 is 11.6 Å². The molecule has 0 aromatic carbocycles. The molecule has 1 aromatic rings. The van der Waals surface area contributed by atoms with Crippen LogP contribution in [0.25, 0.3) is 0 Å². The van der Waals surface area contributed by atoms with Gasteiger partial charge < -0.3 is 0 Å². The van der Waals surface area contributed by atoms with E-state index in [2.05, 4.69) is 18.8 Å². The third kappa shape index (κ3) is 5.88. The van der Waals surface area contributed by atoms with E-state index < -0.39 is 0 Å². The van der Waals surface area contributed by atoms with E-state index in [1.54, 1.807) is 12.3 Å². The van der Waals surface area contributed by atoms with Gasteiger partial charge in [-0.2, -0.15) is 0 Å². The number of rotatable bonds is 9. The zero-order valence-electron chi connectivity index (χ0n) is 12.3. The van der Waals surface area contributed by atoms with Crippen molar-refractivity contribution in [3.8, 4) is 0 Å². The lowest BCUT2D eigenvalue weighted by molar-refractivity contribution is -0.186. The van der Waals surface area contributed by atoms with E-state index in [9.17, 15) is 4.79 Å². The highest BCUT2D eigenvalue weighted by Gasteiger charge is 2.16. The fraction of sp³-hybridized carbons (Fsp3) is 0.600. The molecule has 0 N–H and O–H groups in total. The van der Waals surface area contributed by atoms with E-state index in [4.69, 9.17) is 16.4 Å². The Morgan fingerprint density at radius 2 is 2.10 bits per heavy atom. The first-order valence-electron chi connectivity index (χ1n) is 7.21. The van der Waals surface area contributed by atoms with Gasteiger partial charge in [0.25, 0.3) is 5.91 Å². The molecule has 0 aliphatic rings. The summed E-state index contributed by atoms with van der Waals surface area (Å²) in [5.41, 5.74) is 0.736. The van der Waals surface area contributed by atoms with Gasteiger partial charge in [0.2, 0.25) is 0 Å². The van der Waals surface area contributed by atoms with Crippen molar-refractivity contribution in [2.45, 2.75) is 46.0 Å².